The quantitative estimate of drug-likeness (QED) is 0.260. The van der Waals surface area contributed by atoms with Crippen molar-refractivity contribution in [2.24, 2.45) is 11.8 Å². The molecule has 0 fully saturated rings. The molecule has 0 spiro atoms. The Morgan fingerprint density at radius 1 is 0.789 bits per heavy atom. The van der Waals surface area contributed by atoms with Crippen LogP contribution in [0.3, 0.4) is 0 Å². The molecule has 1 N–H and O–H groups in total. The van der Waals surface area contributed by atoms with Crippen molar-refractivity contribution in [1.82, 2.24) is 0 Å². The molecule has 0 saturated heterocycles. The van der Waals surface area contributed by atoms with Gasteiger partial charge in [-0.05, 0) is 117 Å². The molecule has 0 heterocycles. The van der Waals surface area contributed by atoms with Gasteiger partial charge in [0.1, 0.15) is 0 Å². The normalized spacial score (nSPS) is 12.8. The zero-order valence-corrected chi connectivity index (χ0v) is 24.7. The van der Waals surface area contributed by atoms with Crippen LogP contribution in [0.5, 0.6) is 0 Å². The lowest BCUT2D eigenvalue weighted by Gasteiger charge is -2.29. The minimum Gasteiger partial charge on any atom is -0.361 e. The highest BCUT2D eigenvalue weighted by atomic mass is 15.1. The maximum Gasteiger partial charge on any atom is 0.0490 e. The highest BCUT2D eigenvalue weighted by Gasteiger charge is 2.17. The first-order valence-electron chi connectivity index (χ1n) is 14.0. The average molecular weight is 507 g/mol. The van der Waals surface area contributed by atoms with Crippen LogP contribution in [0.4, 0.5) is 17.1 Å². The summed E-state index contributed by atoms with van der Waals surface area (Å²) in [5.41, 5.74) is 11.0. The van der Waals surface area contributed by atoms with E-state index in [0.717, 1.165) is 29.8 Å². The Kier molecular flexibility index (Phi) is 10.6. The average Bonchev–Trinajstić information content (AvgIpc) is 2.87. The Morgan fingerprint density at radius 3 is 2.00 bits per heavy atom. The number of rotatable bonds is 11. The standard InChI is InChI=1S/C36H46N2/c1-9-30(8)36(22-29(7)25-37-33-14-10-12-31(23-33)20-26(2)3)38(34-18-16-28(6)17-19-34)35-15-11-13-32(24-35)21-27(4)5/h9-19,22-27,37H,20-21H2,1-8H3/b29-25+,30-9-,36-22+. The predicted molar refractivity (Wildman–Crippen MR) is 168 cm³/mol. The smallest absolute Gasteiger partial charge is 0.0490 e. The van der Waals surface area contributed by atoms with Crippen LogP contribution in [0.2, 0.25) is 0 Å². The van der Waals surface area contributed by atoms with E-state index in [1.54, 1.807) is 0 Å². The van der Waals surface area contributed by atoms with E-state index in [1.807, 2.05) is 0 Å². The molecule has 3 aromatic rings. The summed E-state index contributed by atoms with van der Waals surface area (Å²) in [6.07, 6.45) is 8.75. The van der Waals surface area contributed by atoms with Crippen molar-refractivity contribution in [2.75, 3.05) is 10.2 Å². The number of allylic oxidation sites excluding steroid dienone is 4. The van der Waals surface area contributed by atoms with E-state index in [-0.39, 0.29) is 0 Å². The zero-order chi connectivity index (χ0) is 27.7. The van der Waals surface area contributed by atoms with Crippen molar-refractivity contribution < 1.29 is 0 Å². The maximum atomic E-state index is 3.53. The highest BCUT2D eigenvalue weighted by Crippen LogP contribution is 2.34. The van der Waals surface area contributed by atoms with E-state index in [4.69, 9.17) is 0 Å². The van der Waals surface area contributed by atoms with Gasteiger partial charge in [-0.2, -0.15) is 0 Å². The van der Waals surface area contributed by atoms with Gasteiger partial charge >= 0.3 is 0 Å². The maximum absolute atomic E-state index is 3.53. The molecular formula is C36H46N2. The lowest BCUT2D eigenvalue weighted by atomic mass is 10.0. The Labute approximate surface area is 231 Å². The number of aryl methyl sites for hydroxylation is 1. The summed E-state index contributed by atoms with van der Waals surface area (Å²) in [5, 5.41) is 3.53. The fourth-order valence-electron chi connectivity index (χ4n) is 4.63. The molecular weight excluding hydrogens is 460 g/mol. The van der Waals surface area contributed by atoms with Crippen LogP contribution in [0, 0.1) is 18.8 Å². The third kappa shape index (κ3) is 8.52. The molecule has 0 radical (unpaired) electrons. The van der Waals surface area contributed by atoms with Gasteiger partial charge < -0.3 is 10.2 Å². The van der Waals surface area contributed by atoms with E-state index in [1.165, 1.54) is 33.6 Å². The second-order valence-corrected chi connectivity index (χ2v) is 11.3. The lowest BCUT2D eigenvalue weighted by Crippen LogP contribution is -2.18. The Morgan fingerprint density at radius 2 is 1.39 bits per heavy atom. The summed E-state index contributed by atoms with van der Waals surface area (Å²) in [5.74, 6) is 1.25. The molecule has 2 heteroatoms. The summed E-state index contributed by atoms with van der Waals surface area (Å²) >= 11 is 0. The van der Waals surface area contributed by atoms with Crippen molar-refractivity contribution in [3.63, 3.8) is 0 Å². The molecule has 0 aliphatic carbocycles. The highest BCUT2D eigenvalue weighted by molar-refractivity contribution is 5.72. The van der Waals surface area contributed by atoms with E-state index >= 15 is 0 Å². The van der Waals surface area contributed by atoms with E-state index in [0.29, 0.717) is 11.8 Å². The van der Waals surface area contributed by atoms with E-state index in [2.05, 4.69) is 157 Å². The first-order chi connectivity index (χ1) is 18.2. The topological polar surface area (TPSA) is 15.3 Å². The molecule has 0 amide bonds. The van der Waals surface area contributed by atoms with Crippen LogP contribution in [0.1, 0.15) is 65.2 Å². The second kappa shape index (κ2) is 13.9. The summed E-state index contributed by atoms with van der Waals surface area (Å²) in [6, 6.07) is 26.5. The first kappa shape index (κ1) is 29.0. The van der Waals surface area contributed by atoms with Gasteiger partial charge in [-0.3, -0.25) is 0 Å². The van der Waals surface area contributed by atoms with Gasteiger partial charge in [-0.1, -0.05) is 75.7 Å². The summed E-state index contributed by atoms with van der Waals surface area (Å²) in [4.78, 5) is 2.39. The second-order valence-electron chi connectivity index (χ2n) is 11.3. The monoisotopic (exact) mass is 506 g/mol. The van der Waals surface area contributed by atoms with Crippen LogP contribution in [0.25, 0.3) is 0 Å². The first-order valence-corrected chi connectivity index (χ1v) is 14.0. The molecule has 0 aliphatic rings. The third-order valence-electron chi connectivity index (χ3n) is 6.58. The van der Waals surface area contributed by atoms with Gasteiger partial charge in [-0.15, -0.1) is 0 Å². The van der Waals surface area contributed by atoms with Gasteiger partial charge in [-0.25, -0.2) is 0 Å². The molecule has 0 saturated carbocycles. The van der Waals surface area contributed by atoms with Crippen molar-refractivity contribution in [3.8, 4) is 0 Å². The van der Waals surface area contributed by atoms with Gasteiger partial charge in [0.15, 0.2) is 0 Å². The largest absolute Gasteiger partial charge is 0.361 e. The van der Waals surface area contributed by atoms with Crippen molar-refractivity contribution in [2.45, 2.75) is 68.2 Å². The van der Waals surface area contributed by atoms with Crippen molar-refractivity contribution in [3.05, 3.63) is 125 Å². The SMILES string of the molecule is C\C=C(C)/C(=C\C(C)=C\Nc1cccc(CC(C)C)c1)N(c1ccc(C)cc1)c1cccc(CC(C)C)c1. The molecule has 0 unspecified atom stereocenters. The molecule has 0 atom stereocenters. The fourth-order valence-corrected chi connectivity index (χ4v) is 4.63. The van der Waals surface area contributed by atoms with Crippen LogP contribution >= 0.6 is 0 Å². The summed E-state index contributed by atoms with van der Waals surface area (Å²) < 4.78 is 0. The number of nitrogens with zero attached hydrogens (tertiary/aromatic N) is 1. The van der Waals surface area contributed by atoms with Gasteiger partial charge in [0.2, 0.25) is 0 Å². The molecule has 3 rings (SSSR count). The predicted octanol–water partition coefficient (Wildman–Crippen LogP) is 10.4. The van der Waals surface area contributed by atoms with E-state index < -0.39 is 0 Å². The minimum atomic E-state index is 0.612. The number of hydrogen-bond acceptors (Lipinski definition) is 2. The van der Waals surface area contributed by atoms with Crippen LogP contribution < -0.4 is 10.2 Å². The Balaban J connectivity index is 2.04. The number of nitrogens with one attached hydrogen (secondary N) is 1. The third-order valence-corrected chi connectivity index (χ3v) is 6.58. The van der Waals surface area contributed by atoms with E-state index in [9.17, 15) is 0 Å². The van der Waals surface area contributed by atoms with Crippen LogP contribution in [-0.2, 0) is 12.8 Å². The molecule has 0 bridgehead atoms. The molecule has 3 aromatic carbocycles. The van der Waals surface area contributed by atoms with Crippen molar-refractivity contribution in [1.29, 1.82) is 0 Å². The van der Waals surface area contributed by atoms with Crippen LogP contribution in [-0.4, -0.2) is 0 Å². The lowest BCUT2D eigenvalue weighted by molar-refractivity contribution is 0.647. The van der Waals surface area contributed by atoms with Crippen LogP contribution in [0.15, 0.2) is 108 Å². The minimum absolute atomic E-state index is 0.612. The number of benzene rings is 3. The summed E-state index contributed by atoms with van der Waals surface area (Å²) in [6.45, 7) is 17.7. The number of hydrogen-bond donors (Lipinski definition) is 1. The Bertz CT molecular complexity index is 1270. The fraction of sp³-hybridized carbons (Fsp3) is 0.333. The zero-order valence-electron chi connectivity index (χ0n) is 24.7. The summed E-state index contributed by atoms with van der Waals surface area (Å²) in [7, 11) is 0. The van der Waals surface area contributed by atoms with Crippen molar-refractivity contribution >= 4 is 17.1 Å². The van der Waals surface area contributed by atoms with Gasteiger partial charge in [0.25, 0.3) is 0 Å². The molecule has 38 heavy (non-hydrogen) atoms. The molecule has 200 valence electrons. The molecule has 0 aromatic heterocycles. The molecule has 0 aliphatic heterocycles. The van der Waals surface area contributed by atoms with Gasteiger partial charge in [0.05, 0.1) is 0 Å². The van der Waals surface area contributed by atoms with Gasteiger partial charge in [0, 0.05) is 29.0 Å². The molecule has 2 nitrogen and oxygen atoms in total. The number of anilines is 3. The Hall–Kier alpha value is -3.52.